The summed E-state index contributed by atoms with van der Waals surface area (Å²) in [6.07, 6.45) is 8.33. The highest BCUT2D eigenvalue weighted by Gasteiger charge is 2.21. The molecule has 0 aliphatic rings. The lowest BCUT2D eigenvalue weighted by Gasteiger charge is -2.16. The van der Waals surface area contributed by atoms with Gasteiger partial charge in [0.05, 0.1) is 31.0 Å². The highest BCUT2D eigenvalue weighted by Crippen LogP contribution is 2.37. The van der Waals surface area contributed by atoms with Crippen LogP contribution in [0.15, 0.2) is 95.3 Å². The molecule has 228 valence electrons. The second-order valence-electron chi connectivity index (χ2n) is 10.5. The van der Waals surface area contributed by atoms with Crippen molar-refractivity contribution < 1.29 is 18.7 Å². The fraction of sp³-hybridized carbons (Fsp3) is 0.156. The minimum atomic E-state index is -0.842. The Labute approximate surface area is 255 Å². The van der Waals surface area contributed by atoms with Crippen molar-refractivity contribution in [2.75, 3.05) is 12.4 Å². The maximum Gasteiger partial charge on any atom is 0.335 e. The van der Waals surface area contributed by atoms with E-state index in [0.717, 1.165) is 28.0 Å². The zero-order chi connectivity index (χ0) is 31.8. The molecule has 6 aromatic rings. The molecule has 45 heavy (non-hydrogen) atoms. The number of pyridine rings is 1. The van der Waals surface area contributed by atoms with E-state index in [-0.39, 0.29) is 17.3 Å². The summed E-state index contributed by atoms with van der Waals surface area (Å²) < 4.78 is 31.1. The Morgan fingerprint density at radius 3 is 2.42 bits per heavy atom. The normalized spacial score (nSPS) is 11.2. The smallest absolute Gasteiger partial charge is 0.335 e. The molecule has 0 bridgehead atoms. The van der Waals surface area contributed by atoms with Gasteiger partial charge in [0.1, 0.15) is 16.9 Å². The van der Waals surface area contributed by atoms with Crippen LogP contribution in [0.1, 0.15) is 30.2 Å². The van der Waals surface area contributed by atoms with Gasteiger partial charge in [-0.1, -0.05) is 0 Å². The quantitative estimate of drug-likeness (QED) is 0.262. The second-order valence-corrected chi connectivity index (χ2v) is 10.5. The highest BCUT2D eigenvalue weighted by molar-refractivity contribution is 6.04. The third-order valence-corrected chi connectivity index (χ3v) is 7.11. The number of ether oxygens (including phenoxy) is 2. The van der Waals surface area contributed by atoms with Crippen molar-refractivity contribution in [1.29, 1.82) is 0 Å². The Balaban J connectivity index is 1.32. The Hall–Kier alpha value is -5.98. The topological polar surface area (TPSA) is 127 Å². The average molecular weight is 610 g/mol. The number of anilines is 1. The van der Waals surface area contributed by atoms with E-state index in [9.17, 15) is 18.8 Å². The molecule has 12 nitrogen and oxygen atoms in total. The minimum Gasteiger partial charge on any atom is -0.493 e. The number of rotatable bonds is 8. The van der Waals surface area contributed by atoms with E-state index in [1.54, 1.807) is 49.1 Å². The van der Waals surface area contributed by atoms with Gasteiger partial charge in [-0.3, -0.25) is 14.2 Å². The summed E-state index contributed by atoms with van der Waals surface area (Å²) in [6, 6.07) is 13.0. The zero-order valence-electron chi connectivity index (χ0n) is 24.8. The summed E-state index contributed by atoms with van der Waals surface area (Å²) in [5, 5.41) is 7.06. The van der Waals surface area contributed by atoms with Crippen LogP contribution in [0, 0.1) is 5.82 Å². The van der Waals surface area contributed by atoms with Gasteiger partial charge in [-0.2, -0.15) is 5.10 Å². The Bertz CT molecular complexity index is 2180. The third kappa shape index (κ3) is 5.58. The molecule has 4 heterocycles. The molecule has 2 aromatic carbocycles. The molecule has 1 N–H and O–H groups in total. The maximum absolute atomic E-state index is 13.6. The van der Waals surface area contributed by atoms with E-state index < -0.39 is 23.0 Å². The van der Waals surface area contributed by atoms with Crippen LogP contribution in [0.2, 0.25) is 0 Å². The molecular weight excluding hydrogens is 581 g/mol. The van der Waals surface area contributed by atoms with Crippen molar-refractivity contribution in [3.05, 3.63) is 118 Å². The number of halogens is 1. The Morgan fingerprint density at radius 2 is 1.73 bits per heavy atom. The van der Waals surface area contributed by atoms with Crippen molar-refractivity contribution in [3.63, 3.8) is 0 Å². The van der Waals surface area contributed by atoms with Gasteiger partial charge < -0.3 is 19.4 Å². The fourth-order valence-electron chi connectivity index (χ4n) is 4.84. The molecule has 0 aliphatic heterocycles. The highest BCUT2D eigenvalue weighted by atomic mass is 19.1. The van der Waals surface area contributed by atoms with E-state index >= 15 is 0 Å². The Kier molecular flexibility index (Phi) is 7.50. The molecule has 0 unspecified atom stereocenters. The summed E-state index contributed by atoms with van der Waals surface area (Å²) in [6.45, 7) is 3.49. The van der Waals surface area contributed by atoms with E-state index in [1.165, 1.54) is 30.0 Å². The number of aryl methyl sites for hydroxylation is 1. The SMILES string of the molecule is COc1cc(NC(=O)c2cn(C(C)C)c(=O)n(-c3ccc(F)cc3)c2=O)ccc1Oc1cc(-c2cn(C)cn2)cn2nccc12. The van der Waals surface area contributed by atoms with E-state index in [2.05, 4.69) is 15.4 Å². The predicted molar refractivity (Wildman–Crippen MR) is 165 cm³/mol. The molecule has 0 saturated heterocycles. The molecule has 0 radical (unpaired) electrons. The molecular formula is C32H28FN7O5. The van der Waals surface area contributed by atoms with Gasteiger partial charge in [0.25, 0.3) is 11.5 Å². The van der Waals surface area contributed by atoms with Crippen LogP contribution in [-0.4, -0.2) is 41.3 Å². The molecule has 0 fully saturated rings. The number of imidazole rings is 1. The number of amides is 1. The third-order valence-electron chi connectivity index (χ3n) is 7.11. The van der Waals surface area contributed by atoms with Gasteiger partial charge in [-0.25, -0.2) is 23.3 Å². The minimum absolute atomic E-state index is 0.137. The number of hydrogen-bond acceptors (Lipinski definition) is 7. The predicted octanol–water partition coefficient (Wildman–Crippen LogP) is 4.82. The zero-order valence-corrected chi connectivity index (χ0v) is 24.8. The van der Waals surface area contributed by atoms with Gasteiger partial charge in [0.2, 0.25) is 0 Å². The number of methoxy groups -OCH3 is 1. The number of fused-ring (bicyclic) bond motifs is 1. The number of benzene rings is 2. The number of aromatic nitrogens is 6. The first-order valence-corrected chi connectivity index (χ1v) is 13.9. The van der Waals surface area contributed by atoms with Gasteiger partial charge in [0, 0.05) is 49.0 Å². The number of hydrogen-bond donors (Lipinski definition) is 1. The van der Waals surface area contributed by atoms with Gasteiger partial charge in [-0.15, -0.1) is 0 Å². The first kappa shape index (κ1) is 29.1. The van der Waals surface area contributed by atoms with Crippen molar-refractivity contribution >= 4 is 17.1 Å². The van der Waals surface area contributed by atoms with Crippen LogP contribution in [0.3, 0.4) is 0 Å². The molecule has 4 aromatic heterocycles. The van der Waals surface area contributed by atoms with Crippen molar-refractivity contribution in [2.45, 2.75) is 19.9 Å². The van der Waals surface area contributed by atoms with Crippen molar-refractivity contribution in [1.82, 2.24) is 28.3 Å². The fourth-order valence-corrected chi connectivity index (χ4v) is 4.84. The molecule has 13 heteroatoms. The second kappa shape index (κ2) is 11.6. The lowest BCUT2D eigenvalue weighted by molar-refractivity contribution is 0.102. The Morgan fingerprint density at radius 1 is 0.956 bits per heavy atom. The number of carbonyl (C=O) groups is 1. The van der Waals surface area contributed by atoms with Crippen LogP contribution in [0.5, 0.6) is 17.2 Å². The van der Waals surface area contributed by atoms with Crippen molar-refractivity contribution in [3.8, 4) is 34.2 Å². The monoisotopic (exact) mass is 609 g/mol. The van der Waals surface area contributed by atoms with E-state index in [0.29, 0.717) is 28.5 Å². The largest absolute Gasteiger partial charge is 0.493 e. The number of carbonyl (C=O) groups excluding carboxylic acids is 1. The lowest BCUT2D eigenvalue weighted by atomic mass is 10.2. The number of nitrogens with one attached hydrogen (secondary N) is 1. The van der Waals surface area contributed by atoms with Crippen LogP contribution >= 0.6 is 0 Å². The molecule has 6 rings (SSSR count). The molecule has 0 aliphatic carbocycles. The number of nitrogens with zero attached hydrogens (tertiary/aromatic N) is 6. The van der Waals surface area contributed by atoms with Crippen LogP contribution in [-0.2, 0) is 7.05 Å². The summed E-state index contributed by atoms with van der Waals surface area (Å²) >= 11 is 0. The maximum atomic E-state index is 13.6. The average Bonchev–Trinajstić information content (AvgIpc) is 3.68. The van der Waals surface area contributed by atoms with Crippen molar-refractivity contribution in [2.24, 2.45) is 7.05 Å². The van der Waals surface area contributed by atoms with Crippen LogP contribution in [0.4, 0.5) is 10.1 Å². The first-order chi connectivity index (χ1) is 21.6. The molecule has 0 saturated carbocycles. The van der Waals surface area contributed by atoms with E-state index in [4.69, 9.17) is 9.47 Å². The summed E-state index contributed by atoms with van der Waals surface area (Å²) in [4.78, 5) is 44.4. The summed E-state index contributed by atoms with van der Waals surface area (Å²) in [5.41, 5.74) is 0.930. The van der Waals surface area contributed by atoms with Gasteiger partial charge >= 0.3 is 5.69 Å². The molecule has 0 atom stereocenters. The van der Waals surface area contributed by atoms with E-state index in [1.807, 2.05) is 36.1 Å². The van der Waals surface area contributed by atoms with Gasteiger partial charge in [-0.05, 0) is 62.4 Å². The van der Waals surface area contributed by atoms with Crippen LogP contribution in [0.25, 0.3) is 22.5 Å². The standard InChI is InChI=1S/C32H28FN7O5/c1-19(2)38-16-24(31(42)40(32(38)43)23-8-5-21(33)6-9-23)30(41)36-22-7-10-27(29(14-22)44-4)45-28-13-20(25-17-37(3)18-34-25)15-39-26(28)11-12-35-39/h5-19H,1-4H3,(H,36,41). The summed E-state index contributed by atoms with van der Waals surface area (Å²) in [7, 11) is 3.35. The van der Waals surface area contributed by atoms with Crippen LogP contribution < -0.4 is 26.0 Å². The molecule has 1 amide bonds. The first-order valence-electron chi connectivity index (χ1n) is 13.9. The van der Waals surface area contributed by atoms with Gasteiger partial charge in [0.15, 0.2) is 17.2 Å². The summed E-state index contributed by atoms with van der Waals surface area (Å²) in [5.74, 6) is -0.0943. The molecule has 0 spiro atoms. The lowest BCUT2D eigenvalue weighted by Crippen LogP contribution is -2.42.